The van der Waals surface area contributed by atoms with Crippen LogP contribution in [0.2, 0.25) is 0 Å². The Morgan fingerprint density at radius 2 is 1.80 bits per heavy atom. The average Bonchev–Trinajstić information content (AvgIpc) is 3.16. The number of fused-ring (bicyclic) bond motifs is 1. The number of carbonyl (C=O) groups excluding carboxylic acids is 1. The van der Waals surface area contributed by atoms with Crippen molar-refractivity contribution in [3.05, 3.63) is 62.7 Å². The molecule has 9 heteroatoms. The van der Waals surface area contributed by atoms with Crippen LogP contribution in [0.25, 0.3) is 5.69 Å². The minimum Gasteiger partial charge on any atom is -0.486 e. The molecule has 3 heterocycles. The van der Waals surface area contributed by atoms with E-state index in [0.717, 1.165) is 17.1 Å². The molecule has 9 nitrogen and oxygen atoms in total. The monoisotopic (exact) mass is 410 g/mol. The van der Waals surface area contributed by atoms with E-state index in [1.807, 2.05) is 42.7 Å². The number of hydrogen-bond acceptors (Lipinski definition) is 6. The lowest BCUT2D eigenvalue weighted by Crippen LogP contribution is -2.16. The summed E-state index contributed by atoms with van der Waals surface area (Å²) in [7, 11) is 0. The summed E-state index contributed by atoms with van der Waals surface area (Å²) in [6, 6.07) is 7.51. The van der Waals surface area contributed by atoms with Crippen LogP contribution in [-0.4, -0.2) is 38.3 Å². The number of ketones is 1. The summed E-state index contributed by atoms with van der Waals surface area (Å²) in [5, 5.41) is 15.4. The van der Waals surface area contributed by atoms with Crippen LogP contribution in [0.4, 0.5) is 5.69 Å². The molecule has 0 saturated carbocycles. The number of carbonyl (C=O) groups is 1. The first-order valence-corrected chi connectivity index (χ1v) is 9.58. The predicted molar refractivity (Wildman–Crippen MR) is 109 cm³/mol. The van der Waals surface area contributed by atoms with Gasteiger partial charge in [0.25, 0.3) is 0 Å². The van der Waals surface area contributed by atoms with Gasteiger partial charge in [0.15, 0.2) is 17.3 Å². The number of aryl methyl sites for hydroxylation is 2. The molecule has 1 aromatic carbocycles. The van der Waals surface area contributed by atoms with Gasteiger partial charge in [-0.15, -0.1) is 0 Å². The number of benzene rings is 1. The van der Waals surface area contributed by atoms with Crippen molar-refractivity contribution in [2.45, 2.75) is 34.2 Å². The Morgan fingerprint density at radius 3 is 2.47 bits per heavy atom. The van der Waals surface area contributed by atoms with E-state index in [1.54, 1.807) is 13.8 Å². The SMILES string of the molecule is Cc1nn(CC(=O)c2cc(C)n(-c3ccc4c(c3)OCCO4)c2C)c(C)c1[N+](=O)[O-]. The van der Waals surface area contributed by atoms with Crippen LogP contribution in [0.3, 0.4) is 0 Å². The predicted octanol–water partition coefficient (Wildman–Crippen LogP) is 3.47. The second-order valence-corrected chi connectivity index (χ2v) is 7.31. The van der Waals surface area contributed by atoms with Gasteiger partial charge in [0.05, 0.1) is 4.92 Å². The maximum Gasteiger partial charge on any atom is 0.312 e. The molecule has 156 valence electrons. The van der Waals surface area contributed by atoms with E-state index >= 15 is 0 Å². The van der Waals surface area contributed by atoms with Gasteiger partial charge in [-0.3, -0.25) is 19.6 Å². The van der Waals surface area contributed by atoms with E-state index in [4.69, 9.17) is 9.47 Å². The molecule has 2 aromatic heterocycles. The molecule has 30 heavy (non-hydrogen) atoms. The maximum absolute atomic E-state index is 13.0. The van der Waals surface area contributed by atoms with Gasteiger partial charge in [-0.05, 0) is 45.9 Å². The van der Waals surface area contributed by atoms with Crippen molar-refractivity contribution < 1.29 is 19.2 Å². The topological polar surface area (TPSA) is 101 Å². The quantitative estimate of drug-likeness (QED) is 0.363. The lowest BCUT2D eigenvalue weighted by Gasteiger charge is -2.20. The molecule has 0 bridgehead atoms. The van der Waals surface area contributed by atoms with Crippen molar-refractivity contribution in [3.8, 4) is 17.2 Å². The zero-order valence-corrected chi connectivity index (χ0v) is 17.3. The number of Topliss-reactive ketones (excluding diaryl/α,β-unsaturated/α-hetero) is 1. The van der Waals surface area contributed by atoms with Crippen LogP contribution in [0.1, 0.15) is 33.1 Å². The third-order valence-electron chi connectivity index (χ3n) is 5.33. The van der Waals surface area contributed by atoms with Gasteiger partial charge in [0, 0.05) is 28.7 Å². The van der Waals surface area contributed by atoms with Gasteiger partial charge in [0.2, 0.25) is 0 Å². The average molecular weight is 410 g/mol. The van der Waals surface area contributed by atoms with E-state index in [1.165, 1.54) is 4.68 Å². The van der Waals surface area contributed by atoms with Crippen molar-refractivity contribution in [2.75, 3.05) is 13.2 Å². The molecule has 4 rings (SSSR count). The van der Waals surface area contributed by atoms with Crippen LogP contribution in [0, 0.1) is 37.8 Å². The van der Waals surface area contributed by atoms with Crippen molar-refractivity contribution >= 4 is 11.5 Å². The first kappa shape index (κ1) is 19.7. The molecule has 0 amide bonds. The minimum atomic E-state index is -0.466. The van der Waals surface area contributed by atoms with E-state index < -0.39 is 4.92 Å². The molecule has 0 fully saturated rings. The minimum absolute atomic E-state index is 0.0513. The number of rotatable bonds is 5. The molecule has 0 atom stereocenters. The third kappa shape index (κ3) is 3.22. The number of nitrogens with zero attached hydrogens (tertiary/aromatic N) is 4. The molecular formula is C21H22N4O5. The fourth-order valence-corrected chi connectivity index (χ4v) is 3.94. The Hall–Kier alpha value is -3.62. The van der Waals surface area contributed by atoms with Gasteiger partial charge in [-0.1, -0.05) is 0 Å². The summed E-state index contributed by atoms with van der Waals surface area (Å²) < 4.78 is 14.6. The van der Waals surface area contributed by atoms with Crippen LogP contribution in [0.5, 0.6) is 11.5 Å². The molecular weight excluding hydrogens is 388 g/mol. The summed E-state index contributed by atoms with van der Waals surface area (Å²) in [5.41, 5.74) is 3.72. The molecule has 0 saturated heterocycles. The van der Waals surface area contributed by atoms with Crippen LogP contribution >= 0.6 is 0 Å². The standard InChI is InChI=1S/C21H22N4O5/c1-12-9-17(18(26)11-23-15(4)21(25(27)28)13(2)22-23)14(3)24(12)16-5-6-19-20(10-16)30-8-7-29-19/h5-6,9-10H,7-8,11H2,1-4H3. The number of ether oxygens (including phenoxy) is 2. The second kappa shape index (κ2) is 7.33. The van der Waals surface area contributed by atoms with Crippen LogP contribution in [0.15, 0.2) is 24.3 Å². The Balaban J connectivity index is 1.66. The third-order valence-corrected chi connectivity index (χ3v) is 5.33. The zero-order chi connectivity index (χ0) is 21.6. The van der Waals surface area contributed by atoms with Crippen molar-refractivity contribution in [1.82, 2.24) is 14.3 Å². The highest BCUT2D eigenvalue weighted by Crippen LogP contribution is 2.33. The summed E-state index contributed by atoms with van der Waals surface area (Å²) in [6.45, 7) is 7.93. The lowest BCUT2D eigenvalue weighted by molar-refractivity contribution is -0.386. The van der Waals surface area contributed by atoms with Gasteiger partial charge < -0.3 is 14.0 Å². The largest absolute Gasteiger partial charge is 0.486 e. The van der Waals surface area contributed by atoms with Gasteiger partial charge in [-0.2, -0.15) is 5.10 Å². The first-order valence-electron chi connectivity index (χ1n) is 9.58. The molecule has 0 unspecified atom stereocenters. The highest BCUT2D eigenvalue weighted by atomic mass is 16.6. The smallest absolute Gasteiger partial charge is 0.312 e. The Morgan fingerprint density at radius 1 is 1.10 bits per heavy atom. The van der Waals surface area contributed by atoms with Crippen LogP contribution < -0.4 is 9.47 Å². The summed E-state index contributed by atoms with van der Waals surface area (Å²) in [4.78, 5) is 23.8. The normalized spacial score (nSPS) is 12.8. The van der Waals surface area contributed by atoms with Crippen molar-refractivity contribution in [3.63, 3.8) is 0 Å². The van der Waals surface area contributed by atoms with Gasteiger partial charge in [0.1, 0.15) is 31.1 Å². The Kier molecular flexibility index (Phi) is 4.81. The maximum atomic E-state index is 13.0. The summed E-state index contributed by atoms with van der Waals surface area (Å²) >= 11 is 0. The highest BCUT2D eigenvalue weighted by Gasteiger charge is 2.25. The number of aromatic nitrogens is 3. The fraction of sp³-hybridized carbons (Fsp3) is 0.333. The molecule has 0 N–H and O–H groups in total. The van der Waals surface area contributed by atoms with Gasteiger partial charge >= 0.3 is 5.69 Å². The summed E-state index contributed by atoms with van der Waals surface area (Å²) in [5.74, 6) is 1.22. The Bertz CT molecular complexity index is 1170. The van der Waals surface area contributed by atoms with E-state index in [-0.39, 0.29) is 18.0 Å². The molecule has 0 radical (unpaired) electrons. The number of nitro groups is 1. The van der Waals surface area contributed by atoms with Crippen LogP contribution in [-0.2, 0) is 6.54 Å². The zero-order valence-electron chi connectivity index (χ0n) is 17.3. The molecule has 1 aliphatic heterocycles. The second-order valence-electron chi connectivity index (χ2n) is 7.31. The van der Waals surface area contributed by atoms with Crippen molar-refractivity contribution in [2.24, 2.45) is 0 Å². The van der Waals surface area contributed by atoms with E-state index in [2.05, 4.69) is 5.10 Å². The number of hydrogen-bond donors (Lipinski definition) is 0. The first-order chi connectivity index (χ1) is 14.3. The van der Waals surface area contributed by atoms with E-state index in [9.17, 15) is 14.9 Å². The summed E-state index contributed by atoms with van der Waals surface area (Å²) in [6.07, 6.45) is 0. The molecule has 1 aliphatic rings. The lowest BCUT2D eigenvalue weighted by atomic mass is 10.1. The molecule has 0 aliphatic carbocycles. The van der Waals surface area contributed by atoms with E-state index in [0.29, 0.717) is 41.7 Å². The molecule has 0 spiro atoms. The van der Waals surface area contributed by atoms with Gasteiger partial charge in [-0.25, -0.2) is 0 Å². The highest BCUT2D eigenvalue weighted by molar-refractivity contribution is 5.97. The molecule has 3 aromatic rings. The van der Waals surface area contributed by atoms with Crippen molar-refractivity contribution in [1.29, 1.82) is 0 Å². The Labute approximate surface area is 173 Å². The fourth-order valence-electron chi connectivity index (χ4n) is 3.94.